The van der Waals surface area contributed by atoms with Crippen molar-refractivity contribution in [2.24, 2.45) is 0 Å². The number of allylic oxidation sites excluding steroid dienone is 1. The van der Waals surface area contributed by atoms with Crippen LogP contribution in [0.3, 0.4) is 0 Å². The minimum atomic E-state index is 0.271. The van der Waals surface area contributed by atoms with Gasteiger partial charge in [0.2, 0.25) is 0 Å². The summed E-state index contributed by atoms with van der Waals surface area (Å²) in [7, 11) is 1.67. The maximum Gasteiger partial charge on any atom is 0.119 e. The molecule has 0 fully saturated rings. The van der Waals surface area contributed by atoms with E-state index in [1.807, 2.05) is 42.5 Å². The summed E-state index contributed by atoms with van der Waals surface area (Å²) in [5, 5.41) is 0. The molecule has 2 rings (SSSR count). The minimum Gasteiger partial charge on any atom is -0.497 e. The third-order valence-electron chi connectivity index (χ3n) is 3.67. The summed E-state index contributed by atoms with van der Waals surface area (Å²) in [4.78, 5) is 2.93. The van der Waals surface area contributed by atoms with Crippen LogP contribution in [0.5, 0.6) is 5.75 Å². The van der Waals surface area contributed by atoms with Crippen molar-refractivity contribution >= 4 is 22.8 Å². The summed E-state index contributed by atoms with van der Waals surface area (Å²) in [5.41, 5.74) is 3.38. The van der Waals surface area contributed by atoms with Crippen molar-refractivity contribution in [2.75, 3.05) is 7.11 Å². The second-order valence-electron chi connectivity index (χ2n) is 5.72. The molecule has 2 aromatic carbocycles. The molecular weight excluding hydrogens is 302 g/mol. The fraction of sp³-hybridized carbons (Fsp3) is 0.250. The smallest absolute Gasteiger partial charge is 0.119 e. The van der Waals surface area contributed by atoms with E-state index in [9.17, 15) is 0 Å². The number of ether oxygens (including phenoxy) is 1. The van der Waals surface area contributed by atoms with Gasteiger partial charge in [-0.05, 0) is 44.0 Å². The summed E-state index contributed by atoms with van der Waals surface area (Å²) in [6.45, 7) is 6.39. The molecule has 0 bridgehead atoms. The first-order valence-corrected chi connectivity index (χ1v) is 8.14. The van der Waals surface area contributed by atoms with Gasteiger partial charge in [-0.15, -0.1) is 0 Å². The van der Waals surface area contributed by atoms with Gasteiger partial charge in [0, 0.05) is 17.8 Å². The van der Waals surface area contributed by atoms with E-state index >= 15 is 0 Å². The van der Waals surface area contributed by atoms with E-state index in [0.29, 0.717) is 0 Å². The second kappa shape index (κ2) is 7.93. The normalized spacial score (nSPS) is 11.4. The van der Waals surface area contributed by atoms with Gasteiger partial charge in [-0.2, -0.15) is 0 Å². The Labute approximate surface area is 144 Å². The number of nitrogens with zero attached hydrogens (tertiary/aromatic N) is 1. The molecule has 0 atom stereocenters. The van der Waals surface area contributed by atoms with E-state index in [-0.39, 0.29) is 6.04 Å². The van der Waals surface area contributed by atoms with Crippen LogP contribution in [0.4, 0.5) is 0 Å². The van der Waals surface area contributed by atoms with Crippen LogP contribution >= 0.6 is 12.2 Å². The van der Waals surface area contributed by atoms with Crippen molar-refractivity contribution in [3.05, 3.63) is 71.9 Å². The molecule has 120 valence electrons. The zero-order valence-corrected chi connectivity index (χ0v) is 14.9. The average Bonchev–Trinajstić information content (AvgIpc) is 2.59. The number of rotatable bonds is 5. The van der Waals surface area contributed by atoms with Crippen LogP contribution in [-0.4, -0.2) is 23.0 Å². The highest BCUT2D eigenvalue weighted by Crippen LogP contribution is 2.20. The van der Waals surface area contributed by atoms with Crippen molar-refractivity contribution in [3.63, 3.8) is 0 Å². The Morgan fingerprint density at radius 2 is 1.70 bits per heavy atom. The van der Waals surface area contributed by atoms with Gasteiger partial charge in [0.15, 0.2) is 0 Å². The Balaban J connectivity index is 2.32. The highest BCUT2D eigenvalue weighted by atomic mass is 32.1. The number of thiocarbonyl (C=S) groups is 1. The van der Waals surface area contributed by atoms with Gasteiger partial charge >= 0.3 is 0 Å². The average molecular weight is 325 g/mol. The van der Waals surface area contributed by atoms with Crippen molar-refractivity contribution < 1.29 is 4.74 Å². The number of benzene rings is 2. The lowest BCUT2D eigenvalue weighted by Crippen LogP contribution is -2.31. The van der Waals surface area contributed by atoms with Gasteiger partial charge in [-0.25, -0.2) is 0 Å². The molecular formula is C20H23NOS. The monoisotopic (exact) mass is 325 g/mol. The van der Waals surface area contributed by atoms with E-state index in [0.717, 1.165) is 16.3 Å². The predicted molar refractivity (Wildman–Crippen MR) is 102 cm³/mol. The highest BCUT2D eigenvalue weighted by Gasteiger charge is 2.14. The first kappa shape index (κ1) is 17.2. The highest BCUT2D eigenvalue weighted by molar-refractivity contribution is 7.80. The molecule has 0 spiro atoms. The number of hydrogen-bond donors (Lipinski definition) is 0. The zero-order chi connectivity index (χ0) is 16.8. The lowest BCUT2D eigenvalue weighted by atomic mass is 10.1. The summed E-state index contributed by atoms with van der Waals surface area (Å²) in [6.07, 6.45) is 2.13. The quantitative estimate of drug-likeness (QED) is 0.706. The van der Waals surface area contributed by atoms with E-state index in [4.69, 9.17) is 17.0 Å². The lowest BCUT2D eigenvalue weighted by Gasteiger charge is -2.27. The predicted octanol–water partition coefficient (Wildman–Crippen LogP) is 5.14. The van der Waals surface area contributed by atoms with Crippen LogP contribution in [0.1, 0.15) is 31.9 Å². The first-order valence-electron chi connectivity index (χ1n) is 7.73. The molecule has 0 aromatic heterocycles. The molecule has 0 N–H and O–H groups in total. The molecule has 3 heteroatoms. The van der Waals surface area contributed by atoms with Gasteiger partial charge in [-0.3, -0.25) is 0 Å². The molecule has 2 aromatic rings. The maximum absolute atomic E-state index is 5.72. The molecule has 0 heterocycles. The minimum absolute atomic E-state index is 0.271. The van der Waals surface area contributed by atoms with Crippen LogP contribution in [-0.2, 0) is 0 Å². The van der Waals surface area contributed by atoms with E-state index in [2.05, 4.69) is 44.0 Å². The van der Waals surface area contributed by atoms with Crippen LogP contribution in [0.25, 0.3) is 5.57 Å². The van der Waals surface area contributed by atoms with Gasteiger partial charge in [0.05, 0.1) is 7.11 Å². The molecule has 0 aliphatic carbocycles. The number of methoxy groups -OCH3 is 1. The van der Waals surface area contributed by atoms with E-state index in [1.54, 1.807) is 7.11 Å². The topological polar surface area (TPSA) is 12.5 Å². The zero-order valence-electron chi connectivity index (χ0n) is 14.1. The summed E-state index contributed by atoms with van der Waals surface area (Å²) in [6, 6.07) is 18.5. The van der Waals surface area contributed by atoms with Crippen LogP contribution in [0, 0.1) is 0 Å². The molecule has 0 aliphatic heterocycles. The third kappa shape index (κ3) is 4.42. The lowest BCUT2D eigenvalue weighted by molar-refractivity contribution is 0.414. The van der Waals surface area contributed by atoms with E-state index in [1.165, 1.54) is 11.1 Å². The van der Waals surface area contributed by atoms with Crippen LogP contribution in [0.15, 0.2) is 60.8 Å². The molecule has 0 amide bonds. The van der Waals surface area contributed by atoms with Crippen molar-refractivity contribution in [1.29, 1.82) is 0 Å². The number of hydrogen-bond acceptors (Lipinski definition) is 2. The first-order chi connectivity index (χ1) is 11.0. The van der Waals surface area contributed by atoms with Gasteiger partial charge < -0.3 is 9.64 Å². The second-order valence-corrected chi connectivity index (χ2v) is 6.10. The van der Waals surface area contributed by atoms with Crippen LogP contribution < -0.4 is 4.74 Å². The molecule has 0 radical (unpaired) electrons. The Hall–Kier alpha value is -2.13. The van der Waals surface area contributed by atoms with Crippen molar-refractivity contribution in [2.45, 2.75) is 26.8 Å². The summed E-state index contributed by atoms with van der Waals surface area (Å²) in [5.74, 6) is 0.817. The Bertz CT molecular complexity index is 692. The molecule has 0 unspecified atom stereocenters. The van der Waals surface area contributed by atoms with Gasteiger partial charge in [0.25, 0.3) is 0 Å². The fourth-order valence-corrected chi connectivity index (χ4v) is 2.72. The summed E-state index contributed by atoms with van der Waals surface area (Å²) < 4.78 is 5.30. The van der Waals surface area contributed by atoms with Crippen molar-refractivity contribution in [3.8, 4) is 5.75 Å². The Kier molecular flexibility index (Phi) is 5.94. The molecule has 0 saturated heterocycles. The van der Waals surface area contributed by atoms with E-state index < -0.39 is 0 Å². The molecule has 2 nitrogen and oxygen atoms in total. The fourth-order valence-electron chi connectivity index (χ4n) is 2.33. The summed E-state index contributed by atoms with van der Waals surface area (Å²) >= 11 is 5.72. The standard InChI is InChI=1S/C20H23NOS/c1-15(2)21(14-16(3)17-9-6-5-7-10-17)20(23)18-11-8-12-19(13-18)22-4/h5-15H,1-4H3/b16-14+. The largest absolute Gasteiger partial charge is 0.497 e. The van der Waals surface area contributed by atoms with Crippen LogP contribution in [0.2, 0.25) is 0 Å². The molecule has 0 saturated carbocycles. The van der Waals surface area contributed by atoms with Gasteiger partial charge in [-0.1, -0.05) is 54.7 Å². The maximum atomic E-state index is 5.72. The molecule has 23 heavy (non-hydrogen) atoms. The Morgan fingerprint density at radius 3 is 2.30 bits per heavy atom. The SMILES string of the molecule is COc1cccc(C(=S)N(/C=C(\C)c2ccccc2)C(C)C)c1. The molecule has 0 aliphatic rings. The third-order valence-corrected chi connectivity index (χ3v) is 4.12. The Morgan fingerprint density at radius 1 is 1.04 bits per heavy atom. The van der Waals surface area contributed by atoms with Gasteiger partial charge in [0.1, 0.15) is 10.7 Å². The van der Waals surface area contributed by atoms with Crippen molar-refractivity contribution in [1.82, 2.24) is 4.90 Å².